The number of amides is 1. The van der Waals surface area contributed by atoms with E-state index in [0.29, 0.717) is 17.2 Å². The van der Waals surface area contributed by atoms with Crippen molar-refractivity contribution in [3.05, 3.63) is 83.4 Å². The normalized spacial score (nSPS) is 16.4. The lowest BCUT2D eigenvalue weighted by molar-refractivity contribution is -0.118. The maximum atomic E-state index is 12.8. The van der Waals surface area contributed by atoms with Crippen LogP contribution in [0.5, 0.6) is 11.5 Å². The summed E-state index contributed by atoms with van der Waals surface area (Å²) >= 11 is 0. The van der Waals surface area contributed by atoms with Gasteiger partial charge in [0.1, 0.15) is 5.92 Å². The Kier molecular flexibility index (Phi) is 6.70. The van der Waals surface area contributed by atoms with E-state index in [1.54, 1.807) is 38.5 Å². The lowest BCUT2D eigenvalue weighted by Crippen LogP contribution is -2.39. The highest BCUT2D eigenvalue weighted by molar-refractivity contribution is 7.91. The smallest absolute Gasteiger partial charge is 0.236 e. The number of para-hydroxylation sites is 1. The lowest BCUT2D eigenvalue weighted by atomic mass is 9.97. The van der Waals surface area contributed by atoms with Gasteiger partial charge in [-0.15, -0.1) is 0 Å². The molecule has 8 heteroatoms. The van der Waals surface area contributed by atoms with Gasteiger partial charge in [-0.05, 0) is 48.2 Å². The number of rotatable bonds is 7. The molecule has 0 aromatic heterocycles. The predicted molar refractivity (Wildman–Crippen MR) is 128 cm³/mol. The molecule has 0 saturated carbocycles. The number of hydrogen-bond donors (Lipinski definition) is 1. The minimum atomic E-state index is -3.71. The molecule has 3 aromatic rings. The summed E-state index contributed by atoms with van der Waals surface area (Å²) in [4.78, 5) is 25.5. The van der Waals surface area contributed by atoms with Gasteiger partial charge in [-0.25, -0.2) is 8.42 Å². The Labute approximate surface area is 198 Å². The molecule has 0 saturated heterocycles. The third kappa shape index (κ3) is 4.68. The molecule has 0 bridgehead atoms. The highest BCUT2D eigenvalue weighted by atomic mass is 32.2. The summed E-state index contributed by atoms with van der Waals surface area (Å²) in [6, 6.07) is 19.0. The van der Waals surface area contributed by atoms with Gasteiger partial charge in [-0.2, -0.15) is 0 Å². The van der Waals surface area contributed by atoms with Gasteiger partial charge in [-0.3, -0.25) is 9.59 Å². The van der Waals surface area contributed by atoms with Crippen molar-refractivity contribution in [2.75, 3.05) is 25.3 Å². The number of carbonyl (C=O) groups is 2. The molecular weight excluding hydrogens is 454 g/mol. The van der Waals surface area contributed by atoms with E-state index in [4.69, 9.17) is 9.47 Å². The average Bonchev–Trinajstić information content (AvgIpc) is 2.85. The minimum absolute atomic E-state index is 0.0129. The second-order valence-electron chi connectivity index (χ2n) is 8.03. The molecule has 1 unspecified atom stereocenters. The van der Waals surface area contributed by atoms with Crippen molar-refractivity contribution in [2.45, 2.75) is 17.7 Å². The SMILES string of the molecule is COc1cccc(CCc2ccc(NC(=O)C3CS(=O)(=O)c4ccccc4C3=O)cc2)c1OC. The van der Waals surface area contributed by atoms with Crippen LogP contribution in [0.1, 0.15) is 21.5 Å². The number of nitrogens with one attached hydrogen (secondary N) is 1. The van der Waals surface area contributed by atoms with Crippen LogP contribution in [0.25, 0.3) is 0 Å². The summed E-state index contributed by atoms with van der Waals surface area (Å²) in [5.41, 5.74) is 2.64. The van der Waals surface area contributed by atoms with Crippen molar-refractivity contribution in [3.63, 3.8) is 0 Å². The number of benzene rings is 3. The van der Waals surface area contributed by atoms with Crippen LogP contribution in [0.15, 0.2) is 71.6 Å². The molecule has 4 rings (SSSR count). The van der Waals surface area contributed by atoms with E-state index in [1.807, 2.05) is 30.3 Å². The standard InChI is InChI=1S/C26H25NO6S/c1-32-22-8-5-6-18(25(22)33-2)13-10-17-11-14-19(15-12-17)27-26(29)21-16-34(30,31)23-9-4-3-7-20(23)24(21)28/h3-9,11-12,14-15,21H,10,13,16H2,1-2H3,(H,27,29). The fourth-order valence-electron chi connectivity index (χ4n) is 4.12. The van der Waals surface area contributed by atoms with Gasteiger partial charge < -0.3 is 14.8 Å². The molecular formula is C26H25NO6S. The van der Waals surface area contributed by atoms with Crippen molar-refractivity contribution in [2.24, 2.45) is 5.92 Å². The van der Waals surface area contributed by atoms with Crippen molar-refractivity contribution < 1.29 is 27.5 Å². The van der Waals surface area contributed by atoms with Gasteiger partial charge in [0.25, 0.3) is 0 Å². The Bertz CT molecular complexity index is 1330. The number of anilines is 1. The van der Waals surface area contributed by atoms with Gasteiger partial charge in [0, 0.05) is 11.3 Å². The molecule has 176 valence electrons. The van der Waals surface area contributed by atoms with Gasteiger partial charge in [-0.1, -0.05) is 42.5 Å². The molecule has 0 fully saturated rings. The third-order valence-electron chi connectivity index (χ3n) is 5.90. The summed E-state index contributed by atoms with van der Waals surface area (Å²) in [6.45, 7) is 0. The lowest BCUT2D eigenvalue weighted by Gasteiger charge is -2.22. The first-order chi connectivity index (χ1) is 16.3. The van der Waals surface area contributed by atoms with E-state index in [2.05, 4.69) is 5.32 Å². The van der Waals surface area contributed by atoms with Gasteiger partial charge in [0.15, 0.2) is 27.1 Å². The summed E-state index contributed by atoms with van der Waals surface area (Å²) < 4.78 is 35.9. The highest BCUT2D eigenvalue weighted by Gasteiger charge is 2.40. The molecule has 0 radical (unpaired) electrons. The number of sulfone groups is 1. The third-order valence-corrected chi connectivity index (χ3v) is 7.69. The molecule has 1 aliphatic rings. The fourth-order valence-corrected chi connectivity index (χ4v) is 5.83. The minimum Gasteiger partial charge on any atom is -0.493 e. The largest absolute Gasteiger partial charge is 0.493 e. The van der Waals surface area contributed by atoms with Crippen LogP contribution < -0.4 is 14.8 Å². The number of carbonyl (C=O) groups excluding carboxylic acids is 2. The molecule has 34 heavy (non-hydrogen) atoms. The zero-order chi connectivity index (χ0) is 24.3. The number of hydrogen-bond acceptors (Lipinski definition) is 6. The quantitative estimate of drug-likeness (QED) is 0.519. The van der Waals surface area contributed by atoms with Crippen molar-refractivity contribution in [1.29, 1.82) is 0 Å². The Morgan fingerprint density at radius 1 is 0.941 bits per heavy atom. The molecule has 1 amide bonds. The second-order valence-corrected chi connectivity index (χ2v) is 10.0. The van der Waals surface area contributed by atoms with Crippen molar-refractivity contribution in [1.82, 2.24) is 0 Å². The Balaban J connectivity index is 1.43. The maximum Gasteiger partial charge on any atom is 0.236 e. The van der Waals surface area contributed by atoms with Gasteiger partial charge in [0.2, 0.25) is 5.91 Å². The van der Waals surface area contributed by atoms with Gasteiger partial charge in [0.05, 0.1) is 24.9 Å². The summed E-state index contributed by atoms with van der Waals surface area (Å²) in [5.74, 6) is -1.53. The Hall–Kier alpha value is -3.65. The summed E-state index contributed by atoms with van der Waals surface area (Å²) in [6.07, 6.45) is 1.48. The van der Waals surface area contributed by atoms with E-state index < -0.39 is 33.2 Å². The molecule has 1 N–H and O–H groups in total. The number of ketones is 1. The van der Waals surface area contributed by atoms with Gasteiger partial charge >= 0.3 is 0 Å². The molecule has 1 atom stereocenters. The van der Waals surface area contributed by atoms with E-state index in [0.717, 1.165) is 24.0 Å². The van der Waals surface area contributed by atoms with Crippen LogP contribution in [-0.4, -0.2) is 40.1 Å². The molecule has 3 aromatic carbocycles. The van der Waals surface area contributed by atoms with Crippen LogP contribution in [0.2, 0.25) is 0 Å². The predicted octanol–water partition coefficient (Wildman–Crippen LogP) is 3.71. The molecule has 1 aliphatic heterocycles. The van der Waals surface area contributed by atoms with E-state index in [1.165, 1.54) is 12.1 Å². The van der Waals surface area contributed by atoms with E-state index in [-0.39, 0.29) is 10.5 Å². The number of Topliss-reactive ketones (excluding diaryl/α,β-unsaturated/α-hetero) is 1. The number of fused-ring (bicyclic) bond motifs is 1. The van der Waals surface area contributed by atoms with Crippen LogP contribution in [0.4, 0.5) is 5.69 Å². The zero-order valence-corrected chi connectivity index (χ0v) is 19.7. The first-order valence-electron chi connectivity index (χ1n) is 10.8. The number of aryl methyl sites for hydroxylation is 2. The first-order valence-corrected chi connectivity index (χ1v) is 12.4. The Morgan fingerprint density at radius 2 is 1.68 bits per heavy atom. The van der Waals surface area contributed by atoms with Crippen molar-refractivity contribution >= 4 is 27.2 Å². The average molecular weight is 480 g/mol. The zero-order valence-electron chi connectivity index (χ0n) is 18.9. The summed E-state index contributed by atoms with van der Waals surface area (Å²) in [5, 5.41) is 2.68. The molecule has 0 spiro atoms. The van der Waals surface area contributed by atoms with Crippen molar-refractivity contribution in [3.8, 4) is 11.5 Å². The van der Waals surface area contributed by atoms with Crippen LogP contribution in [-0.2, 0) is 27.5 Å². The second kappa shape index (κ2) is 9.69. The Morgan fingerprint density at radius 3 is 2.38 bits per heavy atom. The monoisotopic (exact) mass is 479 g/mol. The molecule has 7 nitrogen and oxygen atoms in total. The fraction of sp³-hybridized carbons (Fsp3) is 0.231. The van der Waals surface area contributed by atoms with E-state index in [9.17, 15) is 18.0 Å². The topological polar surface area (TPSA) is 98.8 Å². The molecule has 0 aliphatic carbocycles. The van der Waals surface area contributed by atoms with Crippen LogP contribution in [0, 0.1) is 5.92 Å². The van der Waals surface area contributed by atoms with Crippen LogP contribution in [0.3, 0.4) is 0 Å². The maximum absolute atomic E-state index is 12.8. The highest BCUT2D eigenvalue weighted by Crippen LogP contribution is 2.32. The summed E-state index contributed by atoms with van der Waals surface area (Å²) in [7, 11) is -0.502. The number of ether oxygens (including phenoxy) is 2. The van der Waals surface area contributed by atoms with E-state index >= 15 is 0 Å². The molecule has 1 heterocycles. The van der Waals surface area contributed by atoms with Crippen LogP contribution >= 0.6 is 0 Å². The number of methoxy groups -OCH3 is 2. The first kappa shape index (κ1) is 23.5.